The largest absolute Gasteiger partial charge is 0.415 e. The fourth-order valence-electron chi connectivity index (χ4n) is 2.26. The van der Waals surface area contributed by atoms with Gasteiger partial charge < -0.3 is 23.1 Å². The molecule has 1 fully saturated rings. The SMILES string of the molecule is C[Si](C)(C)OC[C@H]1OC(O)[C@H](O[Si](C)(C)C)[C@@H]1O[Si](C)(C)C. The molecule has 132 valence electrons. The van der Waals surface area contributed by atoms with Crippen LogP contribution in [0.5, 0.6) is 0 Å². The second kappa shape index (κ2) is 7.14. The van der Waals surface area contributed by atoms with Crippen molar-refractivity contribution >= 4 is 25.0 Å². The third-order valence-corrected chi connectivity index (χ3v) is 5.94. The van der Waals surface area contributed by atoms with Crippen molar-refractivity contribution in [3.05, 3.63) is 0 Å². The first-order valence-corrected chi connectivity index (χ1v) is 18.2. The zero-order chi connectivity index (χ0) is 17.3. The Bertz CT molecular complexity index is 359. The van der Waals surface area contributed by atoms with Gasteiger partial charge in [0, 0.05) is 0 Å². The highest BCUT2D eigenvalue weighted by atomic mass is 28.4. The first-order valence-electron chi connectivity index (χ1n) is 8.01. The fourth-order valence-corrected chi connectivity index (χ4v) is 5.09. The van der Waals surface area contributed by atoms with Crippen LogP contribution in [0.15, 0.2) is 0 Å². The van der Waals surface area contributed by atoms with Crippen LogP contribution in [0.25, 0.3) is 0 Å². The summed E-state index contributed by atoms with van der Waals surface area (Å²) in [6, 6.07) is 0. The molecule has 0 aromatic carbocycles. The molecule has 1 aliphatic rings. The Labute approximate surface area is 138 Å². The summed E-state index contributed by atoms with van der Waals surface area (Å²) < 4.78 is 24.1. The summed E-state index contributed by atoms with van der Waals surface area (Å²) in [7, 11) is -5.23. The van der Waals surface area contributed by atoms with Gasteiger partial charge in [-0.1, -0.05) is 0 Å². The second-order valence-electron chi connectivity index (χ2n) is 8.88. The average Bonchev–Trinajstić information content (AvgIpc) is 2.49. The van der Waals surface area contributed by atoms with E-state index in [-0.39, 0.29) is 12.2 Å². The molecule has 0 aliphatic carbocycles. The fraction of sp³-hybridized carbons (Fsp3) is 1.00. The molecule has 1 unspecified atom stereocenters. The molecule has 8 heteroatoms. The van der Waals surface area contributed by atoms with Crippen LogP contribution in [0, 0.1) is 0 Å². The minimum absolute atomic E-state index is 0.259. The molecule has 22 heavy (non-hydrogen) atoms. The molecule has 0 spiro atoms. The normalized spacial score (nSPS) is 30.8. The smallest absolute Gasteiger partial charge is 0.184 e. The van der Waals surface area contributed by atoms with Crippen LogP contribution in [0.2, 0.25) is 58.9 Å². The van der Waals surface area contributed by atoms with E-state index in [0.29, 0.717) is 6.61 Å². The molecule has 1 saturated heterocycles. The third kappa shape index (κ3) is 7.35. The Hall–Kier alpha value is 0.451. The van der Waals surface area contributed by atoms with Gasteiger partial charge in [0.1, 0.15) is 18.3 Å². The Balaban J connectivity index is 2.87. The van der Waals surface area contributed by atoms with Crippen molar-refractivity contribution in [2.24, 2.45) is 0 Å². The zero-order valence-electron chi connectivity index (χ0n) is 15.6. The van der Waals surface area contributed by atoms with Crippen molar-refractivity contribution in [1.82, 2.24) is 0 Å². The van der Waals surface area contributed by atoms with Crippen LogP contribution >= 0.6 is 0 Å². The molecule has 0 amide bonds. The summed E-state index contributed by atoms with van der Waals surface area (Å²) in [6.07, 6.45) is -1.89. The molecule has 1 N–H and O–H groups in total. The van der Waals surface area contributed by atoms with Crippen molar-refractivity contribution in [1.29, 1.82) is 0 Å². The van der Waals surface area contributed by atoms with Gasteiger partial charge >= 0.3 is 0 Å². The molecule has 0 bridgehead atoms. The van der Waals surface area contributed by atoms with Gasteiger partial charge in [-0.25, -0.2) is 0 Å². The van der Waals surface area contributed by atoms with Crippen LogP contribution < -0.4 is 0 Å². The Morgan fingerprint density at radius 3 is 1.64 bits per heavy atom. The maximum absolute atomic E-state index is 10.3. The topological polar surface area (TPSA) is 57.2 Å². The van der Waals surface area contributed by atoms with Crippen LogP contribution in [0.4, 0.5) is 0 Å². The number of hydrogen-bond acceptors (Lipinski definition) is 5. The Morgan fingerprint density at radius 2 is 1.23 bits per heavy atom. The number of aliphatic hydroxyl groups is 1. The predicted molar refractivity (Wildman–Crippen MR) is 96.6 cm³/mol. The van der Waals surface area contributed by atoms with Gasteiger partial charge in [-0.3, -0.25) is 0 Å². The van der Waals surface area contributed by atoms with E-state index in [0.717, 1.165) is 0 Å². The van der Waals surface area contributed by atoms with E-state index in [2.05, 4.69) is 58.9 Å². The Morgan fingerprint density at radius 1 is 0.773 bits per heavy atom. The summed E-state index contributed by atoms with van der Waals surface area (Å²) in [5.41, 5.74) is 0. The van der Waals surface area contributed by atoms with Crippen molar-refractivity contribution in [3.8, 4) is 0 Å². The molecule has 1 rings (SSSR count). The van der Waals surface area contributed by atoms with E-state index in [4.69, 9.17) is 18.0 Å². The molecule has 4 atom stereocenters. The molecular weight excluding hydrogens is 332 g/mol. The zero-order valence-corrected chi connectivity index (χ0v) is 18.6. The lowest BCUT2D eigenvalue weighted by Gasteiger charge is -2.33. The monoisotopic (exact) mass is 366 g/mol. The minimum atomic E-state index is -1.81. The van der Waals surface area contributed by atoms with Crippen molar-refractivity contribution in [2.75, 3.05) is 6.61 Å². The maximum Gasteiger partial charge on any atom is 0.184 e. The van der Waals surface area contributed by atoms with Gasteiger partial charge in [-0.05, 0) is 58.9 Å². The number of ether oxygens (including phenoxy) is 1. The second-order valence-corrected chi connectivity index (χ2v) is 22.3. The number of aliphatic hydroxyl groups excluding tert-OH is 1. The van der Waals surface area contributed by atoms with Crippen LogP contribution in [0.1, 0.15) is 0 Å². The van der Waals surface area contributed by atoms with Gasteiger partial charge in [-0.2, -0.15) is 0 Å². The maximum atomic E-state index is 10.3. The highest BCUT2D eigenvalue weighted by Crippen LogP contribution is 2.30. The summed E-state index contributed by atoms with van der Waals surface area (Å²) >= 11 is 0. The van der Waals surface area contributed by atoms with Crippen molar-refractivity contribution in [3.63, 3.8) is 0 Å². The summed E-state index contributed by atoms with van der Waals surface area (Å²) in [5.74, 6) is 0. The average molecular weight is 367 g/mol. The highest BCUT2D eigenvalue weighted by Gasteiger charge is 2.48. The van der Waals surface area contributed by atoms with E-state index in [1.165, 1.54) is 0 Å². The summed E-state index contributed by atoms with van der Waals surface area (Å²) in [6.45, 7) is 19.6. The molecule has 0 radical (unpaired) electrons. The lowest BCUT2D eigenvalue weighted by atomic mass is 10.1. The van der Waals surface area contributed by atoms with Gasteiger partial charge in [0.05, 0.1) is 6.61 Å². The van der Waals surface area contributed by atoms with Gasteiger partial charge in [0.2, 0.25) is 0 Å². The van der Waals surface area contributed by atoms with E-state index in [1.54, 1.807) is 0 Å². The van der Waals surface area contributed by atoms with Crippen LogP contribution in [-0.4, -0.2) is 61.3 Å². The van der Waals surface area contributed by atoms with Crippen molar-refractivity contribution < 1.29 is 23.1 Å². The van der Waals surface area contributed by atoms with Gasteiger partial charge in [0.25, 0.3) is 0 Å². The molecule has 1 aliphatic heterocycles. The Kier molecular flexibility index (Phi) is 6.65. The lowest BCUT2D eigenvalue weighted by Crippen LogP contribution is -2.49. The quantitative estimate of drug-likeness (QED) is 0.702. The minimum Gasteiger partial charge on any atom is -0.415 e. The molecule has 1 heterocycles. The van der Waals surface area contributed by atoms with E-state index in [9.17, 15) is 5.11 Å². The van der Waals surface area contributed by atoms with Gasteiger partial charge in [0.15, 0.2) is 31.2 Å². The molecule has 0 aromatic rings. The number of rotatable bonds is 7. The first kappa shape index (κ1) is 20.5. The molecule has 0 saturated carbocycles. The molecule has 0 aromatic heterocycles. The summed E-state index contributed by atoms with van der Waals surface area (Å²) in [5, 5.41) is 10.3. The first-order chi connectivity index (χ1) is 9.68. The van der Waals surface area contributed by atoms with Crippen LogP contribution in [-0.2, 0) is 18.0 Å². The standard InChI is InChI=1S/C14H34O5Si3/c1-20(2,3)16-10-11-12(18-21(4,5)6)13(14(15)17-11)19-22(7,8)9/h11-15H,10H2,1-9H3/t11-,12-,13-,14?/m1/s1. The van der Waals surface area contributed by atoms with Crippen LogP contribution in [0.3, 0.4) is 0 Å². The van der Waals surface area contributed by atoms with Crippen molar-refractivity contribution in [2.45, 2.75) is 83.5 Å². The van der Waals surface area contributed by atoms with E-state index in [1.807, 2.05) is 0 Å². The summed E-state index contributed by atoms with van der Waals surface area (Å²) in [4.78, 5) is 0. The van der Waals surface area contributed by atoms with E-state index >= 15 is 0 Å². The molecule has 5 nitrogen and oxygen atoms in total. The number of hydrogen-bond donors (Lipinski definition) is 1. The molecular formula is C14H34O5Si3. The van der Waals surface area contributed by atoms with E-state index < -0.39 is 37.3 Å². The lowest BCUT2D eigenvalue weighted by molar-refractivity contribution is -0.128. The van der Waals surface area contributed by atoms with Gasteiger partial charge in [-0.15, -0.1) is 0 Å². The highest BCUT2D eigenvalue weighted by molar-refractivity contribution is 6.70. The third-order valence-electron chi connectivity index (χ3n) is 2.95. The predicted octanol–water partition coefficient (Wildman–Crippen LogP) is 3.00.